The van der Waals surface area contributed by atoms with Crippen LogP contribution in [0.15, 0.2) is 48.5 Å². The number of hydrogen-bond acceptors (Lipinski definition) is 3. The molecule has 0 radical (unpaired) electrons. The minimum Gasteiger partial charge on any atom is -0.497 e. The molecule has 1 amide bonds. The van der Waals surface area contributed by atoms with E-state index in [1.807, 2.05) is 55.4 Å². The third-order valence-electron chi connectivity index (χ3n) is 5.60. The zero-order chi connectivity index (χ0) is 19.9. The van der Waals surface area contributed by atoms with Gasteiger partial charge in [-0.3, -0.25) is 4.79 Å². The quantitative estimate of drug-likeness (QED) is 0.772. The summed E-state index contributed by atoms with van der Waals surface area (Å²) in [7, 11) is 5.65. The molecule has 0 aliphatic carbocycles. The fourth-order valence-electron chi connectivity index (χ4n) is 3.91. The van der Waals surface area contributed by atoms with Crippen LogP contribution in [-0.4, -0.2) is 46.7 Å². The summed E-state index contributed by atoms with van der Waals surface area (Å²) in [6.07, 6.45) is 3.81. The molecule has 1 heterocycles. The van der Waals surface area contributed by atoms with Gasteiger partial charge in [-0.1, -0.05) is 6.07 Å². The molecule has 2 aromatic carbocycles. The predicted molar refractivity (Wildman–Crippen MR) is 113 cm³/mol. The summed E-state index contributed by atoms with van der Waals surface area (Å²) < 4.78 is 5.30. The molecule has 150 valence electrons. The first-order valence-corrected chi connectivity index (χ1v) is 10.1. The van der Waals surface area contributed by atoms with E-state index in [1.165, 1.54) is 24.8 Å². The van der Waals surface area contributed by atoms with E-state index in [-0.39, 0.29) is 11.9 Å². The minimum atomic E-state index is -0.0152. The molecule has 0 saturated carbocycles. The molecule has 2 aromatic rings. The lowest BCUT2D eigenvalue weighted by molar-refractivity contribution is -0.935. The summed E-state index contributed by atoms with van der Waals surface area (Å²) in [6.45, 7) is 2.94. The second-order valence-electron chi connectivity index (χ2n) is 7.70. The van der Waals surface area contributed by atoms with Crippen molar-refractivity contribution in [2.45, 2.75) is 25.3 Å². The number of amides is 1. The van der Waals surface area contributed by atoms with Gasteiger partial charge >= 0.3 is 0 Å². The van der Waals surface area contributed by atoms with Gasteiger partial charge in [0, 0.05) is 30.9 Å². The number of quaternary nitrogens is 1. The van der Waals surface area contributed by atoms with E-state index < -0.39 is 0 Å². The van der Waals surface area contributed by atoms with Gasteiger partial charge in [0.15, 0.2) is 0 Å². The molecular formula is C23H32N3O2+. The molecule has 1 atom stereocenters. The van der Waals surface area contributed by atoms with Gasteiger partial charge in [0.25, 0.3) is 5.91 Å². The molecule has 1 aliphatic rings. The number of nitrogens with one attached hydrogen (secondary N) is 2. The molecule has 0 spiro atoms. The maximum Gasteiger partial charge on any atom is 0.251 e. The Hall–Kier alpha value is -2.53. The van der Waals surface area contributed by atoms with Crippen LogP contribution >= 0.6 is 0 Å². The number of carbonyl (C=O) groups excluding carboxylic acids is 1. The van der Waals surface area contributed by atoms with Crippen LogP contribution in [0.5, 0.6) is 5.75 Å². The Balaban J connectivity index is 1.73. The molecule has 3 rings (SSSR count). The van der Waals surface area contributed by atoms with Crippen LogP contribution in [0.4, 0.5) is 5.69 Å². The van der Waals surface area contributed by atoms with Crippen molar-refractivity contribution >= 4 is 11.6 Å². The first-order chi connectivity index (χ1) is 13.6. The average molecular weight is 383 g/mol. The number of methoxy groups -OCH3 is 1. The number of ether oxygens (including phenoxy) is 1. The van der Waals surface area contributed by atoms with Crippen LogP contribution in [0.3, 0.4) is 0 Å². The van der Waals surface area contributed by atoms with E-state index in [2.05, 4.69) is 17.4 Å². The Kier molecular flexibility index (Phi) is 6.93. The number of nitrogens with zero attached hydrogens (tertiary/aromatic N) is 1. The van der Waals surface area contributed by atoms with E-state index in [4.69, 9.17) is 4.74 Å². The molecule has 5 nitrogen and oxygen atoms in total. The number of carbonyl (C=O) groups is 1. The van der Waals surface area contributed by atoms with E-state index in [0.717, 1.165) is 24.5 Å². The van der Waals surface area contributed by atoms with Crippen molar-refractivity contribution in [2.75, 3.05) is 45.7 Å². The van der Waals surface area contributed by atoms with Crippen LogP contribution in [-0.2, 0) is 0 Å². The summed E-state index contributed by atoms with van der Waals surface area (Å²) in [6, 6.07) is 16.3. The molecule has 28 heavy (non-hydrogen) atoms. The average Bonchev–Trinajstić information content (AvgIpc) is 2.75. The Morgan fingerprint density at radius 3 is 2.46 bits per heavy atom. The topological polar surface area (TPSA) is 46.0 Å². The second kappa shape index (κ2) is 9.60. The number of likely N-dealkylation sites (tertiary alicyclic amines) is 1. The lowest BCUT2D eigenvalue weighted by Gasteiger charge is -2.32. The molecule has 0 bridgehead atoms. The van der Waals surface area contributed by atoms with E-state index in [1.54, 1.807) is 12.0 Å². The highest BCUT2D eigenvalue weighted by Crippen LogP contribution is 2.17. The van der Waals surface area contributed by atoms with Crippen LogP contribution in [0.2, 0.25) is 0 Å². The molecule has 0 aromatic heterocycles. The van der Waals surface area contributed by atoms with Gasteiger partial charge in [-0.05, 0) is 61.7 Å². The van der Waals surface area contributed by atoms with Crippen molar-refractivity contribution in [1.29, 1.82) is 0 Å². The smallest absolute Gasteiger partial charge is 0.251 e. The summed E-state index contributed by atoms with van der Waals surface area (Å²) in [5.41, 5.74) is 2.98. The molecular weight excluding hydrogens is 350 g/mol. The van der Waals surface area contributed by atoms with Crippen LogP contribution < -0.4 is 19.9 Å². The van der Waals surface area contributed by atoms with Crippen molar-refractivity contribution in [3.8, 4) is 5.75 Å². The van der Waals surface area contributed by atoms with E-state index in [0.29, 0.717) is 12.1 Å². The van der Waals surface area contributed by atoms with Crippen LogP contribution in [0.1, 0.15) is 41.2 Å². The van der Waals surface area contributed by atoms with E-state index in [9.17, 15) is 4.79 Å². The minimum absolute atomic E-state index is 0.0152. The summed E-state index contributed by atoms with van der Waals surface area (Å²) in [4.78, 5) is 16.3. The highest BCUT2D eigenvalue weighted by molar-refractivity contribution is 5.95. The zero-order valence-corrected chi connectivity index (χ0v) is 17.2. The number of benzene rings is 2. The fourth-order valence-corrected chi connectivity index (χ4v) is 3.91. The van der Waals surface area contributed by atoms with Gasteiger partial charge in [0.05, 0.1) is 26.7 Å². The van der Waals surface area contributed by atoms with E-state index >= 15 is 0 Å². The van der Waals surface area contributed by atoms with Gasteiger partial charge in [0.2, 0.25) is 0 Å². The highest BCUT2D eigenvalue weighted by Gasteiger charge is 2.26. The zero-order valence-electron chi connectivity index (χ0n) is 17.2. The number of anilines is 1. The van der Waals surface area contributed by atoms with Crippen LogP contribution in [0.25, 0.3) is 0 Å². The number of piperidine rings is 1. The van der Waals surface area contributed by atoms with Gasteiger partial charge in [0.1, 0.15) is 11.8 Å². The van der Waals surface area contributed by atoms with Crippen molar-refractivity contribution in [3.63, 3.8) is 0 Å². The van der Waals surface area contributed by atoms with Gasteiger partial charge in [-0.2, -0.15) is 0 Å². The molecule has 2 N–H and O–H groups in total. The molecule has 1 saturated heterocycles. The largest absolute Gasteiger partial charge is 0.497 e. The highest BCUT2D eigenvalue weighted by atomic mass is 16.5. The predicted octanol–water partition coefficient (Wildman–Crippen LogP) is 2.30. The van der Waals surface area contributed by atoms with Gasteiger partial charge in [-0.15, -0.1) is 0 Å². The lowest BCUT2D eigenvalue weighted by atomic mass is 10.0. The monoisotopic (exact) mass is 382 g/mol. The van der Waals surface area contributed by atoms with Crippen molar-refractivity contribution < 1.29 is 14.4 Å². The van der Waals surface area contributed by atoms with Crippen molar-refractivity contribution in [3.05, 3.63) is 59.7 Å². The van der Waals surface area contributed by atoms with Gasteiger partial charge < -0.3 is 19.9 Å². The summed E-state index contributed by atoms with van der Waals surface area (Å²) in [5.74, 6) is 0.847. The fraction of sp³-hybridized carbons (Fsp3) is 0.435. The Labute approximate surface area is 168 Å². The normalized spacial score (nSPS) is 15.7. The van der Waals surface area contributed by atoms with Crippen molar-refractivity contribution in [2.24, 2.45) is 0 Å². The lowest BCUT2D eigenvalue weighted by Crippen LogP contribution is -3.13. The Morgan fingerprint density at radius 2 is 1.82 bits per heavy atom. The molecule has 5 heteroatoms. The first-order valence-electron chi connectivity index (χ1n) is 10.1. The molecule has 1 aliphatic heterocycles. The summed E-state index contributed by atoms with van der Waals surface area (Å²) in [5, 5.41) is 3.18. The Bertz CT molecular complexity index is 768. The number of hydrogen-bond donors (Lipinski definition) is 2. The first kappa shape index (κ1) is 20.2. The van der Waals surface area contributed by atoms with Crippen LogP contribution in [0, 0.1) is 0 Å². The maximum absolute atomic E-state index is 12.8. The SMILES string of the molecule is COc1ccc([C@@H](CNC(=O)c2cccc(N(C)C)c2)[NH+]2CCCCC2)cc1. The standard InChI is InChI=1S/C23H31N3O2/c1-25(2)20-9-7-8-19(16-20)23(27)24-17-22(26-14-5-4-6-15-26)18-10-12-21(28-3)13-11-18/h7-13,16,22H,4-6,14-15,17H2,1-3H3,(H,24,27)/p+1/t22-/m1/s1. The third kappa shape index (κ3) is 5.04. The molecule has 0 unspecified atom stereocenters. The Morgan fingerprint density at radius 1 is 1.11 bits per heavy atom. The molecule has 1 fully saturated rings. The summed E-state index contributed by atoms with van der Waals surface area (Å²) >= 11 is 0. The van der Waals surface area contributed by atoms with Crippen molar-refractivity contribution in [1.82, 2.24) is 5.32 Å². The second-order valence-corrected chi connectivity index (χ2v) is 7.70. The maximum atomic E-state index is 12.8. The number of rotatable bonds is 7. The third-order valence-corrected chi connectivity index (χ3v) is 5.60. The van der Waals surface area contributed by atoms with Gasteiger partial charge in [-0.25, -0.2) is 0 Å².